The third-order valence-corrected chi connectivity index (χ3v) is 9.50. The van der Waals surface area contributed by atoms with Crippen LogP contribution in [0.1, 0.15) is 19.3 Å². The Bertz CT molecular complexity index is 907. The predicted octanol–water partition coefficient (Wildman–Crippen LogP) is -6.79. The van der Waals surface area contributed by atoms with Crippen LogP contribution in [0.2, 0.25) is 0 Å². The molecule has 4 saturated heterocycles. The van der Waals surface area contributed by atoms with Crippen molar-refractivity contribution < 1.29 is 54.0 Å². The molecule has 4 heterocycles. The van der Waals surface area contributed by atoms with Crippen LogP contribution >= 0.6 is 0 Å². The smallest absolute Gasteiger partial charge is 0.187 e. The Morgan fingerprint density at radius 2 is 1.40 bits per heavy atom. The van der Waals surface area contributed by atoms with Gasteiger partial charge in [0, 0.05) is 30.6 Å². The number of rotatable bonds is 8. The minimum Gasteiger partial charge on any atom is -0.394 e. The summed E-state index contributed by atoms with van der Waals surface area (Å²) in [5.41, 5.74) is 36.8. The highest BCUT2D eigenvalue weighted by Crippen LogP contribution is 2.40. The monoisotopic (exact) mass is 608 g/mol. The van der Waals surface area contributed by atoms with E-state index in [-0.39, 0.29) is 19.1 Å². The number of ether oxygens (including phenoxy) is 6. The summed E-state index contributed by atoms with van der Waals surface area (Å²) >= 11 is 0. The Morgan fingerprint density at radius 1 is 0.738 bits per heavy atom. The standard InChI is InChI=1S/C25H48N6O11/c26-4-11-17(34)18(35)15(30)23(38-11)41-21-12(5-32)39-24(19(21)36)42-22-14(9(28)3-10(29)16(22)33)20-8(27)1-2-13(40-20)25(31)6-37-7-25/h8-24,32-36H,1-7,26-31H2/t8-,9+,10-,11+,12-,13+,14+,15-,16+,17-,18-,19-,20?,21-,22+,23-,24+/m1/s1. The van der Waals surface area contributed by atoms with Crippen molar-refractivity contribution >= 4 is 0 Å². The van der Waals surface area contributed by atoms with Gasteiger partial charge in [-0.25, -0.2) is 0 Å². The number of aliphatic hydroxyl groups is 5. The maximum atomic E-state index is 11.2. The fourth-order valence-corrected chi connectivity index (χ4v) is 6.83. The zero-order valence-electron chi connectivity index (χ0n) is 23.4. The van der Waals surface area contributed by atoms with Gasteiger partial charge in [0.05, 0.1) is 55.8 Å². The molecule has 0 aromatic heterocycles. The van der Waals surface area contributed by atoms with Crippen molar-refractivity contribution in [3.63, 3.8) is 0 Å². The molecule has 17 atom stereocenters. The molecule has 0 aromatic rings. The highest BCUT2D eigenvalue weighted by molar-refractivity contribution is 5.07. The normalized spacial score (nSPS) is 53.1. The fraction of sp³-hybridized carbons (Fsp3) is 1.00. The molecular weight excluding hydrogens is 560 g/mol. The molecule has 0 radical (unpaired) electrons. The molecule has 244 valence electrons. The zero-order valence-corrected chi connectivity index (χ0v) is 23.4. The SMILES string of the molecule is NC[C@@H]1O[C@H](O[C@H]2[C@@H](O)[C@H](O[C@@H]3[C@@H](O)[C@H](N)C[C@H](N)[C@H]3C3O[C@H](C4(N)COC4)CC[C@H]3N)O[C@@H]2CO)[C@H](N)[C@@H](O)[C@@H]1O. The molecule has 4 aliphatic heterocycles. The Kier molecular flexibility index (Phi) is 10.1. The molecule has 1 saturated carbocycles. The first-order valence-corrected chi connectivity index (χ1v) is 14.6. The summed E-state index contributed by atoms with van der Waals surface area (Å²) in [6.45, 7) is -0.00224. The second kappa shape index (κ2) is 13.0. The minimum absolute atomic E-state index is 0.129. The van der Waals surface area contributed by atoms with Crippen molar-refractivity contribution in [3.05, 3.63) is 0 Å². The van der Waals surface area contributed by atoms with Gasteiger partial charge < -0.3 is 88.4 Å². The van der Waals surface area contributed by atoms with Crippen LogP contribution in [0, 0.1) is 5.92 Å². The van der Waals surface area contributed by atoms with E-state index in [0.717, 1.165) is 0 Å². The van der Waals surface area contributed by atoms with Gasteiger partial charge in [0.15, 0.2) is 12.6 Å². The summed E-state index contributed by atoms with van der Waals surface area (Å²) in [5, 5.41) is 53.0. The maximum Gasteiger partial charge on any atom is 0.187 e. The Hall–Kier alpha value is -0.680. The van der Waals surface area contributed by atoms with Crippen molar-refractivity contribution in [2.45, 2.75) is 123 Å². The Labute approximate surface area is 243 Å². The number of hydrogen-bond donors (Lipinski definition) is 11. The van der Waals surface area contributed by atoms with Gasteiger partial charge in [-0.05, 0) is 19.3 Å². The van der Waals surface area contributed by atoms with Gasteiger partial charge in [-0.2, -0.15) is 0 Å². The molecule has 0 aromatic carbocycles. The average molecular weight is 609 g/mol. The lowest BCUT2D eigenvalue weighted by Crippen LogP contribution is -2.71. The van der Waals surface area contributed by atoms with Crippen molar-refractivity contribution in [2.24, 2.45) is 40.3 Å². The van der Waals surface area contributed by atoms with Crippen molar-refractivity contribution in [1.29, 1.82) is 0 Å². The summed E-state index contributed by atoms with van der Waals surface area (Å²) in [7, 11) is 0. The van der Waals surface area contributed by atoms with Crippen molar-refractivity contribution in [2.75, 3.05) is 26.4 Å². The van der Waals surface area contributed by atoms with E-state index in [0.29, 0.717) is 26.1 Å². The highest BCUT2D eigenvalue weighted by Gasteiger charge is 2.56. The largest absolute Gasteiger partial charge is 0.394 e. The molecule has 42 heavy (non-hydrogen) atoms. The van der Waals surface area contributed by atoms with Gasteiger partial charge in [0.2, 0.25) is 0 Å². The fourth-order valence-electron chi connectivity index (χ4n) is 6.83. The topological polar surface area (TPSA) is 313 Å². The lowest BCUT2D eigenvalue weighted by Gasteiger charge is -2.53. The third kappa shape index (κ3) is 5.97. The lowest BCUT2D eigenvalue weighted by atomic mass is 9.71. The van der Waals surface area contributed by atoms with Crippen LogP contribution in [-0.2, 0) is 28.4 Å². The van der Waals surface area contributed by atoms with E-state index in [4.69, 9.17) is 62.8 Å². The van der Waals surface area contributed by atoms with Crippen LogP contribution in [-0.4, -0.2) is 155 Å². The first-order chi connectivity index (χ1) is 19.9. The van der Waals surface area contributed by atoms with Gasteiger partial charge >= 0.3 is 0 Å². The molecule has 5 fully saturated rings. The zero-order chi connectivity index (χ0) is 30.5. The van der Waals surface area contributed by atoms with Crippen LogP contribution in [0.25, 0.3) is 0 Å². The minimum atomic E-state index is -1.51. The number of aliphatic hydroxyl groups excluding tert-OH is 5. The van der Waals surface area contributed by atoms with E-state index in [2.05, 4.69) is 0 Å². The van der Waals surface area contributed by atoms with Gasteiger partial charge in [0.1, 0.15) is 36.6 Å². The van der Waals surface area contributed by atoms with Gasteiger partial charge in [0.25, 0.3) is 0 Å². The molecule has 5 aliphatic rings. The van der Waals surface area contributed by atoms with Gasteiger partial charge in [-0.3, -0.25) is 0 Å². The maximum absolute atomic E-state index is 11.2. The average Bonchev–Trinajstić information content (AvgIpc) is 3.24. The van der Waals surface area contributed by atoms with E-state index in [9.17, 15) is 25.5 Å². The van der Waals surface area contributed by atoms with E-state index in [1.165, 1.54) is 0 Å². The number of hydrogen-bond acceptors (Lipinski definition) is 17. The van der Waals surface area contributed by atoms with E-state index < -0.39 is 110 Å². The summed E-state index contributed by atoms with van der Waals surface area (Å²) in [5.74, 6) is -0.650. The van der Waals surface area contributed by atoms with Crippen LogP contribution < -0.4 is 34.4 Å². The molecular formula is C25H48N6O11. The highest BCUT2D eigenvalue weighted by atomic mass is 16.7. The molecule has 5 rings (SSSR count). The van der Waals surface area contributed by atoms with E-state index >= 15 is 0 Å². The van der Waals surface area contributed by atoms with Crippen LogP contribution in [0.5, 0.6) is 0 Å². The van der Waals surface area contributed by atoms with Crippen molar-refractivity contribution in [1.82, 2.24) is 0 Å². The predicted molar refractivity (Wildman–Crippen MR) is 143 cm³/mol. The molecule has 1 unspecified atom stereocenters. The summed E-state index contributed by atoms with van der Waals surface area (Å²) in [6.07, 6.45) is -12.0. The summed E-state index contributed by atoms with van der Waals surface area (Å²) < 4.78 is 35.3. The Morgan fingerprint density at radius 3 is 2.02 bits per heavy atom. The first kappa shape index (κ1) is 32.7. The van der Waals surface area contributed by atoms with Crippen LogP contribution in [0.3, 0.4) is 0 Å². The first-order valence-electron chi connectivity index (χ1n) is 14.6. The third-order valence-electron chi connectivity index (χ3n) is 9.50. The number of nitrogens with two attached hydrogens (primary N) is 6. The van der Waals surface area contributed by atoms with Crippen molar-refractivity contribution in [3.8, 4) is 0 Å². The molecule has 1 aliphatic carbocycles. The van der Waals surface area contributed by atoms with Gasteiger partial charge in [-0.15, -0.1) is 0 Å². The molecule has 17 heteroatoms. The second-order valence-corrected chi connectivity index (χ2v) is 12.4. The van der Waals surface area contributed by atoms with E-state index in [1.54, 1.807) is 0 Å². The molecule has 0 amide bonds. The molecule has 0 spiro atoms. The summed E-state index contributed by atoms with van der Waals surface area (Å²) in [6, 6.07) is -2.96. The summed E-state index contributed by atoms with van der Waals surface area (Å²) in [4.78, 5) is 0. The van der Waals surface area contributed by atoms with Crippen LogP contribution in [0.4, 0.5) is 0 Å². The molecule has 0 bridgehead atoms. The van der Waals surface area contributed by atoms with Crippen LogP contribution in [0.15, 0.2) is 0 Å². The lowest BCUT2D eigenvalue weighted by molar-refractivity contribution is -0.280. The van der Waals surface area contributed by atoms with E-state index in [1.807, 2.05) is 0 Å². The molecule has 17 N–H and O–H groups in total. The van der Waals surface area contributed by atoms with Gasteiger partial charge in [-0.1, -0.05) is 0 Å². The second-order valence-electron chi connectivity index (χ2n) is 12.4. The Balaban J connectivity index is 1.33. The molecule has 17 nitrogen and oxygen atoms in total. The quantitative estimate of drug-likeness (QED) is 0.122.